The fourth-order valence-corrected chi connectivity index (χ4v) is 3.92. The smallest absolute Gasteiger partial charge is 0.337 e. The summed E-state index contributed by atoms with van der Waals surface area (Å²) in [4.78, 5) is 26.2. The summed E-state index contributed by atoms with van der Waals surface area (Å²) < 4.78 is 16.0. The molecule has 1 heterocycles. The summed E-state index contributed by atoms with van der Waals surface area (Å²) in [5.41, 5.74) is 1.14. The van der Waals surface area contributed by atoms with E-state index in [1.807, 2.05) is 54.6 Å². The number of rotatable bonds is 8. The maximum atomic E-state index is 12.7. The summed E-state index contributed by atoms with van der Waals surface area (Å²) in [5, 5.41) is 2.92. The van der Waals surface area contributed by atoms with Crippen LogP contribution in [-0.4, -0.2) is 19.0 Å². The highest BCUT2D eigenvalue weighted by Crippen LogP contribution is 2.33. The average Bonchev–Trinajstić information content (AvgIpc) is 3.34. The van der Waals surface area contributed by atoms with Gasteiger partial charge >= 0.3 is 5.97 Å². The van der Waals surface area contributed by atoms with Gasteiger partial charge in [0.05, 0.1) is 18.4 Å². The number of benzene rings is 3. The largest absolute Gasteiger partial charge is 0.486 e. The number of anilines is 1. The van der Waals surface area contributed by atoms with Crippen molar-refractivity contribution in [3.63, 3.8) is 0 Å². The number of esters is 1. The van der Waals surface area contributed by atoms with Crippen LogP contribution in [0.15, 0.2) is 105 Å². The predicted octanol–water partition coefficient (Wildman–Crippen LogP) is 6.05. The average molecular weight is 460 g/mol. The third-order valence-electron chi connectivity index (χ3n) is 4.65. The van der Waals surface area contributed by atoms with Gasteiger partial charge in [0, 0.05) is 9.79 Å². The van der Waals surface area contributed by atoms with Crippen LogP contribution in [0.4, 0.5) is 5.69 Å². The van der Waals surface area contributed by atoms with Crippen LogP contribution in [-0.2, 0) is 11.3 Å². The van der Waals surface area contributed by atoms with Crippen molar-refractivity contribution >= 4 is 29.3 Å². The summed E-state index contributed by atoms with van der Waals surface area (Å²) >= 11 is 1.57. The van der Waals surface area contributed by atoms with Gasteiger partial charge in [0.2, 0.25) is 0 Å². The van der Waals surface area contributed by atoms with E-state index in [1.165, 1.54) is 7.11 Å². The van der Waals surface area contributed by atoms with Gasteiger partial charge in [-0.1, -0.05) is 42.1 Å². The third kappa shape index (κ3) is 5.84. The van der Waals surface area contributed by atoms with Crippen LogP contribution in [0.5, 0.6) is 5.75 Å². The van der Waals surface area contributed by atoms with Crippen LogP contribution in [0.2, 0.25) is 0 Å². The van der Waals surface area contributed by atoms with E-state index >= 15 is 0 Å². The van der Waals surface area contributed by atoms with Crippen molar-refractivity contribution in [2.24, 2.45) is 0 Å². The van der Waals surface area contributed by atoms with Crippen molar-refractivity contribution in [2.75, 3.05) is 12.4 Å². The molecule has 1 N–H and O–H groups in total. The highest BCUT2D eigenvalue weighted by molar-refractivity contribution is 7.99. The van der Waals surface area contributed by atoms with Crippen LogP contribution in [0.1, 0.15) is 26.7 Å². The molecule has 0 atom stereocenters. The molecule has 0 spiro atoms. The van der Waals surface area contributed by atoms with Gasteiger partial charge in [-0.05, 0) is 60.7 Å². The fourth-order valence-electron chi connectivity index (χ4n) is 3.00. The standard InChI is InChI=1S/C26H21NO5S/c1-30-26(29)18-11-13-19(14-12-18)31-17-20-15-16-23(32-20)25(28)27-22-9-5-6-10-24(22)33-21-7-3-2-4-8-21/h2-16H,17H2,1H3,(H,27,28). The van der Waals surface area contributed by atoms with E-state index in [0.717, 1.165) is 9.79 Å². The lowest BCUT2D eigenvalue weighted by Gasteiger charge is -2.10. The van der Waals surface area contributed by atoms with Gasteiger partial charge < -0.3 is 19.2 Å². The van der Waals surface area contributed by atoms with Crippen molar-refractivity contribution in [2.45, 2.75) is 16.4 Å². The summed E-state index contributed by atoms with van der Waals surface area (Å²) in [7, 11) is 1.33. The van der Waals surface area contributed by atoms with Crippen molar-refractivity contribution in [3.8, 4) is 5.75 Å². The van der Waals surface area contributed by atoms with Gasteiger partial charge in [-0.2, -0.15) is 0 Å². The molecule has 4 aromatic rings. The minimum atomic E-state index is -0.410. The van der Waals surface area contributed by atoms with Gasteiger partial charge in [-0.25, -0.2) is 4.79 Å². The van der Waals surface area contributed by atoms with E-state index < -0.39 is 5.97 Å². The Morgan fingerprint density at radius 3 is 2.36 bits per heavy atom. The lowest BCUT2D eigenvalue weighted by atomic mass is 10.2. The van der Waals surface area contributed by atoms with Gasteiger partial charge in [0.1, 0.15) is 18.1 Å². The van der Waals surface area contributed by atoms with Crippen molar-refractivity contribution in [1.82, 2.24) is 0 Å². The summed E-state index contributed by atoms with van der Waals surface area (Å²) in [6, 6.07) is 27.5. The van der Waals surface area contributed by atoms with Crippen LogP contribution in [0, 0.1) is 0 Å². The number of nitrogens with one attached hydrogen (secondary N) is 1. The van der Waals surface area contributed by atoms with Gasteiger partial charge in [0.15, 0.2) is 5.76 Å². The number of para-hydroxylation sites is 1. The Morgan fingerprint density at radius 1 is 0.879 bits per heavy atom. The molecular weight excluding hydrogens is 438 g/mol. The number of furan rings is 1. The Morgan fingerprint density at radius 2 is 1.61 bits per heavy atom. The van der Waals surface area contributed by atoms with E-state index in [-0.39, 0.29) is 18.3 Å². The molecule has 0 aliphatic rings. The molecule has 0 saturated heterocycles. The van der Waals surface area contributed by atoms with E-state index in [4.69, 9.17) is 9.15 Å². The highest BCUT2D eigenvalue weighted by atomic mass is 32.2. The zero-order valence-electron chi connectivity index (χ0n) is 17.8. The minimum absolute atomic E-state index is 0.144. The van der Waals surface area contributed by atoms with Crippen LogP contribution in [0.25, 0.3) is 0 Å². The number of carbonyl (C=O) groups is 2. The maximum Gasteiger partial charge on any atom is 0.337 e. The Bertz CT molecular complexity index is 1240. The molecule has 0 saturated carbocycles. The molecule has 1 aromatic heterocycles. The van der Waals surface area contributed by atoms with E-state index in [0.29, 0.717) is 22.8 Å². The van der Waals surface area contributed by atoms with Crippen LogP contribution in [0.3, 0.4) is 0 Å². The highest BCUT2D eigenvalue weighted by Gasteiger charge is 2.14. The predicted molar refractivity (Wildman–Crippen MR) is 126 cm³/mol. The molecule has 6 nitrogen and oxygen atoms in total. The molecule has 0 aliphatic heterocycles. The second kappa shape index (κ2) is 10.6. The summed E-state index contributed by atoms with van der Waals surface area (Å²) in [6.45, 7) is 0.144. The molecular formula is C26H21NO5S. The van der Waals surface area contributed by atoms with Crippen molar-refractivity contribution < 1.29 is 23.5 Å². The maximum absolute atomic E-state index is 12.7. The zero-order valence-corrected chi connectivity index (χ0v) is 18.6. The number of hydrogen-bond acceptors (Lipinski definition) is 6. The Hall–Kier alpha value is -3.97. The van der Waals surface area contributed by atoms with Crippen molar-refractivity contribution in [3.05, 3.63) is 108 Å². The SMILES string of the molecule is COC(=O)c1ccc(OCc2ccc(C(=O)Nc3ccccc3Sc3ccccc3)o2)cc1. The van der Waals surface area contributed by atoms with Gasteiger partial charge in [-0.3, -0.25) is 4.79 Å². The Balaban J connectivity index is 1.37. The summed E-state index contributed by atoms with van der Waals surface area (Å²) in [5.74, 6) is 0.506. The normalized spacial score (nSPS) is 10.5. The quantitative estimate of drug-likeness (QED) is 0.323. The number of amides is 1. The van der Waals surface area contributed by atoms with E-state index in [1.54, 1.807) is 48.2 Å². The number of hydrogen-bond donors (Lipinski definition) is 1. The zero-order chi connectivity index (χ0) is 23.0. The molecule has 33 heavy (non-hydrogen) atoms. The monoisotopic (exact) mass is 459 g/mol. The molecule has 4 rings (SSSR count). The van der Waals surface area contributed by atoms with Gasteiger partial charge in [-0.15, -0.1) is 0 Å². The number of ether oxygens (including phenoxy) is 2. The molecule has 166 valence electrons. The molecule has 7 heteroatoms. The Labute approximate surface area is 195 Å². The molecule has 0 radical (unpaired) electrons. The Kier molecular flexibility index (Phi) is 7.12. The van der Waals surface area contributed by atoms with E-state index in [9.17, 15) is 9.59 Å². The van der Waals surface area contributed by atoms with Gasteiger partial charge in [0.25, 0.3) is 5.91 Å². The first kappa shape index (κ1) is 22.2. The van der Waals surface area contributed by atoms with Crippen LogP contribution >= 0.6 is 11.8 Å². The second-order valence-electron chi connectivity index (χ2n) is 6.94. The molecule has 0 aliphatic carbocycles. The first-order chi connectivity index (χ1) is 16.1. The molecule has 3 aromatic carbocycles. The lowest BCUT2D eigenvalue weighted by Crippen LogP contribution is -2.11. The number of methoxy groups -OCH3 is 1. The first-order valence-electron chi connectivity index (χ1n) is 10.2. The van der Waals surface area contributed by atoms with Crippen LogP contribution < -0.4 is 10.1 Å². The fraction of sp³-hybridized carbons (Fsp3) is 0.0769. The van der Waals surface area contributed by atoms with Crippen molar-refractivity contribution in [1.29, 1.82) is 0 Å². The molecule has 0 fully saturated rings. The molecule has 0 bridgehead atoms. The second-order valence-corrected chi connectivity index (χ2v) is 8.05. The lowest BCUT2D eigenvalue weighted by molar-refractivity contribution is 0.0600. The first-order valence-corrected chi connectivity index (χ1v) is 11.0. The molecule has 0 unspecified atom stereocenters. The summed E-state index contributed by atoms with van der Waals surface area (Å²) in [6.07, 6.45) is 0. The molecule has 1 amide bonds. The third-order valence-corrected chi connectivity index (χ3v) is 5.73. The minimum Gasteiger partial charge on any atom is -0.486 e. The topological polar surface area (TPSA) is 77.8 Å². The van der Waals surface area contributed by atoms with E-state index in [2.05, 4.69) is 10.1 Å². The number of carbonyl (C=O) groups excluding carboxylic acids is 2.